The third-order valence-corrected chi connectivity index (χ3v) is 5.37. The van der Waals surface area contributed by atoms with Crippen molar-refractivity contribution in [3.8, 4) is 0 Å². The van der Waals surface area contributed by atoms with E-state index in [-0.39, 0.29) is 10.5 Å². The van der Waals surface area contributed by atoms with Gasteiger partial charge in [0.1, 0.15) is 0 Å². The van der Waals surface area contributed by atoms with E-state index in [1.54, 1.807) is 11.8 Å². The van der Waals surface area contributed by atoms with Gasteiger partial charge in [0.15, 0.2) is 0 Å². The van der Waals surface area contributed by atoms with E-state index in [0.717, 1.165) is 25.9 Å². The SMILES string of the molecule is CCCNCCCCS(=O)(=O)NCC(C)(C)SC. The summed E-state index contributed by atoms with van der Waals surface area (Å²) in [6.07, 6.45) is 4.73. The molecular formula is C12H28N2O2S2. The minimum absolute atomic E-state index is 0.0459. The summed E-state index contributed by atoms with van der Waals surface area (Å²) >= 11 is 1.67. The third-order valence-electron chi connectivity index (χ3n) is 2.71. The Morgan fingerprint density at radius 2 is 1.83 bits per heavy atom. The summed E-state index contributed by atoms with van der Waals surface area (Å²) < 4.78 is 26.1. The Bertz CT molecular complexity index is 303. The molecule has 18 heavy (non-hydrogen) atoms. The number of rotatable bonds is 11. The first-order valence-corrected chi connectivity index (χ1v) is 9.44. The molecule has 0 spiro atoms. The minimum atomic E-state index is -3.11. The van der Waals surface area contributed by atoms with E-state index in [1.165, 1.54) is 0 Å². The van der Waals surface area contributed by atoms with Crippen molar-refractivity contribution in [2.24, 2.45) is 0 Å². The molecular weight excluding hydrogens is 268 g/mol. The summed E-state index contributed by atoms with van der Waals surface area (Å²) in [5, 5.41) is 3.27. The molecule has 6 heteroatoms. The first-order valence-electron chi connectivity index (χ1n) is 6.56. The molecule has 0 radical (unpaired) electrons. The molecule has 0 saturated heterocycles. The monoisotopic (exact) mass is 296 g/mol. The van der Waals surface area contributed by atoms with Crippen LogP contribution >= 0.6 is 11.8 Å². The number of thioether (sulfide) groups is 1. The second-order valence-corrected chi connectivity index (χ2v) is 8.50. The summed E-state index contributed by atoms with van der Waals surface area (Å²) in [5.74, 6) is 0.227. The molecule has 0 bridgehead atoms. The van der Waals surface area contributed by atoms with Crippen molar-refractivity contribution in [3.63, 3.8) is 0 Å². The molecule has 4 nitrogen and oxygen atoms in total. The molecule has 0 aliphatic heterocycles. The molecule has 2 N–H and O–H groups in total. The summed E-state index contributed by atoms with van der Waals surface area (Å²) in [7, 11) is -3.11. The molecule has 0 aromatic heterocycles. The highest BCUT2D eigenvalue weighted by atomic mass is 32.2. The highest BCUT2D eigenvalue weighted by Gasteiger charge is 2.19. The van der Waals surface area contributed by atoms with Crippen LogP contribution in [0.25, 0.3) is 0 Å². The van der Waals surface area contributed by atoms with E-state index in [0.29, 0.717) is 13.0 Å². The molecule has 0 aromatic rings. The van der Waals surface area contributed by atoms with Crippen LogP contribution in [0.3, 0.4) is 0 Å². The summed E-state index contributed by atoms with van der Waals surface area (Å²) in [4.78, 5) is 0. The van der Waals surface area contributed by atoms with Gasteiger partial charge in [-0.15, -0.1) is 0 Å². The van der Waals surface area contributed by atoms with E-state index < -0.39 is 10.0 Å². The van der Waals surface area contributed by atoms with Crippen molar-refractivity contribution in [3.05, 3.63) is 0 Å². The molecule has 0 amide bonds. The van der Waals surface area contributed by atoms with E-state index in [2.05, 4.69) is 17.0 Å². The van der Waals surface area contributed by atoms with Crippen molar-refractivity contribution in [1.82, 2.24) is 10.0 Å². The molecule has 0 aliphatic carbocycles. The zero-order valence-corrected chi connectivity index (χ0v) is 13.7. The molecule has 0 aliphatic rings. The van der Waals surface area contributed by atoms with Gasteiger partial charge in [0.25, 0.3) is 0 Å². The van der Waals surface area contributed by atoms with Crippen molar-refractivity contribution < 1.29 is 8.42 Å². The Morgan fingerprint density at radius 3 is 2.39 bits per heavy atom. The molecule has 0 atom stereocenters. The lowest BCUT2D eigenvalue weighted by molar-refractivity contribution is 0.563. The van der Waals surface area contributed by atoms with Crippen LogP contribution in [0.1, 0.15) is 40.0 Å². The van der Waals surface area contributed by atoms with Crippen LogP contribution in [0, 0.1) is 0 Å². The quantitative estimate of drug-likeness (QED) is 0.571. The summed E-state index contributed by atoms with van der Waals surface area (Å²) in [5.41, 5.74) is 0. The van der Waals surface area contributed by atoms with Crippen LogP contribution in [0.2, 0.25) is 0 Å². The maximum Gasteiger partial charge on any atom is 0.211 e. The first-order chi connectivity index (χ1) is 8.33. The van der Waals surface area contributed by atoms with E-state index >= 15 is 0 Å². The van der Waals surface area contributed by atoms with Gasteiger partial charge in [0.05, 0.1) is 5.75 Å². The van der Waals surface area contributed by atoms with E-state index in [9.17, 15) is 8.42 Å². The number of sulfonamides is 1. The second kappa shape index (κ2) is 9.18. The second-order valence-electron chi connectivity index (χ2n) is 5.06. The van der Waals surface area contributed by atoms with E-state index in [1.807, 2.05) is 20.1 Å². The largest absolute Gasteiger partial charge is 0.317 e. The van der Waals surface area contributed by atoms with Crippen LogP contribution in [0.15, 0.2) is 0 Å². The topological polar surface area (TPSA) is 58.2 Å². The van der Waals surface area contributed by atoms with Gasteiger partial charge in [0, 0.05) is 11.3 Å². The molecule has 0 saturated carbocycles. The number of unbranched alkanes of at least 4 members (excludes halogenated alkanes) is 1. The summed E-state index contributed by atoms with van der Waals surface area (Å²) in [6, 6.07) is 0. The number of hydrogen-bond donors (Lipinski definition) is 2. The van der Waals surface area contributed by atoms with E-state index in [4.69, 9.17) is 0 Å². The maximum absolute atomic E-state index is 11.7. The Kier molecular flexibility index (Phi) is 9.29. The lowest BCUT2D eigenvalue weighted by atomic mass is 10.2. The zero-order valence-electron chi connectivity index (χ0n) is 12.1. The van der Waals surface area contributed by atoms with Gasteiger partial charge in [-0.1, -0.05) is 6.92 Å². The van der Waals surface area contributed by atoms with Crippen molar-refractivity contribution in [1.29, 1.82) is 0 Å². The van der Waals surface area contributed by atoms with Gasteiger partial charge < -0.3 is 5.32 Å². The lowest BCUT2D eigenvalue weighted by Crippen LogP contribution is -2.37. The normalized spacial score (nSPS) is 12.9. The Hall–Kier alpha value is 0.220. The average Bonchev–Trinajstić information content (AvgIpc) is 2.32. The van der Waals surface area contributed by atoms with Crippen molar-refractivity contribution in [2.75, 3.05) is 31.6 Å². The average molecular weight is 297 g/mol. The Balaban J connectivity index is 3.75. The summed E-state index contributed by atoms with van der Waals surface area (Å²) in [6.45, 7) is 8.59. The first kappa shape index (κ1) is 18.2. The molecule has 0 unspecified atom stereocenters. The smallest absolute Gasteiger partial charge is 0.211 e. The Labute approximate surface area is 117 Å². The van der Waals surface area contributed by atoms with Crippen LogP contribution in [0.5, 0.6) is 0 Å². The van der Waals surface area contributed by atoms with Crippen LogP contribution in [-0.2, 0) is 10.0 Å². The molecule has 0 rings (SSSR count). The minimum Gasteiger partial charge on any atom is -0.317 e. The highest BCUT2D eigenvalue weighted by molar-refractivity contribution is 8.00. The van der Waals surface area contributed by atoms with Gasteiger partial charge in [0.2, 0.25) is 10.0 Å². The van der Waals surface area contributed by atoms with Crippen LogP contribution in [-0.4, -0.2) is 44.8 Å². The fourth-order valence-electron chi connectivity index (χ4n) is 1.27. The van der Waals surface area contributed by atoms with Gasteiger partial charge in [-0.2, -0.15) is 11.8 Å². The highest BCUT2D eigenvalue weighted by Crippen LogP contribution is 2.19. The van der Waals surface area contributed by atoms with Gasteiger partial charge in [-0.05, 0) is 52.5 Å². The molecule has 0 heterocycles. The predicted octanol–water partition coefficient (Wildman–Crippen LogP) is 1.83. The third kappa shape index (κ3) is 10.2. The van der Waals surface area contributed by atoms with Crippen molar-refractivity contribution in [2.45, 2.75) is 44.8 Å². The maximum atomic E-state index is 11.7. The molecule has 0 aromatic carbocycles. The lowest BCUT2D eigenvalue weighted by Gasteiger charge is -2.22. The zero-order chi connectivity index (χ0) is 14.1. The van der Waals surface area contributed by atoms with Gasteiger partial charge >= 0.3 is 0 Å². The predicted molar refractivity (Wildman–Crippen MR) is 81.8 cm³/mol. The molecule has 110 valence electrons. The van der Waals surface area contributed by atoms with Gasteiger partial charge in [-0.3, -0.25) is 0 Å². The fraction of sp³-hybridized carbons (Fsp3) is 1.00. The fourth-order valence-corrected chi connectivity index (χ4v) is 2.89. The standard InChI is InChI=1S/C12H28N2O2S2/c1-5-8-13-9-6-7-10-18(15,16)14-11-12(2,3)17-4/h13-14H,5-11H2,1-4H3. The van der Waals surface area contributed by atoms with Crippen LogP contribution in [0.4, 0.5) is 0 Å². The number of nitrogens with one attached hydrogen (secondary N) is 2. The molecule has 0 fully saturated rings. The van der Waals surface area contributed by atoms with Crippen LogP contribution < -0.4 is 10.0 Å². The Morgan fingerprint density at radius 1 is 1.17 bits per heavy atom. The van der Waals surface area contributed by atoms with Crippen molar-refractivity contribution >= 4 is 21.8 Å². The van der Waals surface area contributed by atoms with Gasteiger partial charge in [-0.25, -0.2) is 13.1 Å². The number of hydrogen-bond acceptors (Lipinski definition) is 4.